The van der Waals surface area contributed by atoms with Crippen molar-refractivity contribution in [1.29, 1.82) is 0 Å². The average Bonchev–Trinajstić information content (AvgIpc) is 3.30. The van der Waals surface area contributed by atoms with Gasteiger partial charge in [-0.3, -0.25) is 4.99 Å². The predicted molar refractivity (Wildman–Crippen MR) is 105 cm³/mol. The summed E-state index contributed by atoms with van der Waals surface area (Å²) in [5.74, 6) is 1.50. The summed E-state index contributed by atoms with van der Waals surface area (Å²) in [4.78, 5) is 17.0. The summed E-state index contributed by atoms with van der Waals surface area (Å²) in [6.45, 7) is 2.84. The first kappa shape index (κ1) is 14.8. The molecule has 0 aliphatic carbocycles. The van der Waals surface area contributed by atoms with Crippen LogP contribution >= 0.6 is 0 Å². The van der Waals surface area contributed by atoms with Gasteiger partial charge in [-0.25, -0.2) is 9.97 Å². The number of H-pyrrole nitrogens is 1. The molecule has 0 unspecified atom stereocenters. The third-order valence-electron chi connectivity index (χ3n) is 4.59. The Labute approximate surface area is 150 Å². The van der Waals surface area contributed by atoms with Crippen LogP contribution in [0.4, 0.5) is 11.5 Å². The van der Waals surface area contributed by atoms with E-state index < -0.39 is 0 Å². The number of benzene rings is 2. The molecule has 1 aliphatic heterocycles. The van der Waals surface area contributed by atoms with E-state index >= 15 is 0 Å². The van der Waals surface area contributed by atoms with Crippen LogP contribution < -0.4 is 5.32 Å². The van der Waals surface area contributed by atoms with Crippen LogP contribution in [0.5, 0.6) is 0 Å². The first-order valence-electron chi connectivity index (χ1n) is 8.58. The Morgan fingerprint density at radius 3 is 2.92 bits per heavy atom. The third-order valence-corrected chi connectivity index (χ3v) is 4.59. The van der Waals surface area contributed by atoms with Gasteiger partial charge >= 0.3 is 0 Å². The van der Waals surface area contributed by atoms with E-state index in [0.717, 1.165) is 40.2 Å². The van der Waals surface area contributed by atoms with Gasteiger partial charge in [0.25, 0.3) is 0 Å². The van der Waals surface area contributed by atoms with E-state index in [4.69, 9.17) is 4.98 Å². The molecule has 0 saturated carbocycles. The molecule has 0 saturated heterocycles. The standard InChI is InChI=1S/C21H17N5/c1-13-3-2-4-14(9-13)19-25-20-18(7-8-23-20)21(26-19)24-17-6-5-15-11-22-12-16(15)10-17/h2-10,12H,11H2,1H3,(H2,23,24,25,26). The second-order valence-corrected chi connectivity index (χ2v) is 6.51. The summed E-state index contributed by atoms with van der Waals surface area (Å²) in [5.41, 5.74) is 6.42. The molecular weight excluding hydrogens is 322 g/mol. The van der Waals surface area contributed by atoms with Crippen molar-refractivity contribution in [2.75, 3.05) is 5.32 Å². The van der Waals surface area contributed by atoms with Gasteiger partial charge < -0.3 is 10.3 Å². The molecule has 5 rings (SSSR count). The van der Waals surface area contributed by atoms with Gasteiger partial charge in [-0.2, -0.15) is 0 Å². The molecule has 26 heavy (non-hydrogen) atoms. The number of nitrogens with zero attached hydrogens (tertiary/aromatic N) is 3. The molecule has 2 aromatic carbocycles. The minimum Gasteiger partial charge on any atom is -0.346 e. The van der Waals surface area contributed by atoms with E-state index in [1.165, 1.54) is 11.1 Å². The maximum atomic E-state index is 4.80. The largest absolute Gasteiger partial charge is 0.346 e. The van der Waals surface area contributed by atoms with Crippen molar-refractivity contribution in [3.8, 4) is 11.4 Å². The van der Waals surface area contributed by atoms with Gasteiger partial charge in [0.05, 0.1) is 11.9 Å². The topological polar surface area (TPSA) is 66.0 Å². The highest BCUT2D eigenvalue weighted by Crippen LogP contribution is 2.28. The van der Waals surface area contributed by atoms with Crippen molar-refractivity contribution in [1.82, 2.24) is 15.0 Å². The maximum absolute atomic E-state index is 4.80. The molecule has 0 fully saturated rings. The van der Waals surface area contributed by atoms with E-state index in [0.29, 0.717) is 5.82 Å². The Morgan fingerprint density at radius 2 is 2.00 bits per heavy atom. The zero-order valence-corrected chi connectivity index (χ0v) is 14.3. The number of aromatic nitrogens is 3. The van der Waals surface area contributed by atoms with Crippen LogP contribution in [0.3, 0.4) is 0 Å². The highest BCUT2D eigenvalue weighted by atomic mass is 15.1. The van der Waals surface area contributed by atoms with Crippen LogP contribution in [0.1, 0.15) is 16.7 Å². The number of fused-ring (bicyclic) bond motifs is 2. The summed E-state index contributed by atoms with van der Waals surface area (Å²) in [6.07, 6.45) is 3.81. The average molecular weight is 339 g/mol. The van der Waals surface area contributed by atoms with Crippen LogP contribution in [0, 0.1) is 6.92 Å². The van der Waals surface area contributed by atoms with Gasteiger partial charge in [0, 0.05) is 23.7 Å². The normalized spacial score (nSPS) is 12.5. The molecule has 126 valence electrons. The molecule has 1 aliphatic rings. The van der Waals surface area contributed by atoms with E-state index in [1.54, 1.807) is 0 Å². The van der Waals surface area contributed by atoms with Crippen molar-refractivity contribution in [2.24, 2.45) is 4.99 Å². The molecule has 2 aromatic heterocycles. The Balaban J connectivity index is 1.60. The number of rotatable bonds is 3. The van der Waals surface area contributed by atoms with Crippen molar-refractivity contribution >= 4 is 28.8 Å². The first-order valence-corrected chi connectivity index (χ1v) is 8.58. The summed E-state index contributed by atoms with van der Waals surface area (Å²) in [7, 11) is 0. The number of aliphatic imine (C=N–C) groups is 1. The molecule has 0 spiro atoms. The van der Waals surface area contributed by atoms with Crippen LogP contribution in [0.2, 0.25) is 0 Å². The number of aryl methyl sites for hydroxylation is 1. The lowest BCUT2D eigenvalue weighted by molar-refractivity contribution is 1.11. The minimum atomic E-state index is 0.703. The Hall–Kier alpha value is -3.47. The molecule has 0 radical (unpaired) electrons. The van der Waals surface area contributed by atoms with Gasteiger partial charge in [0.1, 0.15) is 11.5 Å². The number of hydrogen-bond acceptors (Lipinski definition) is 4. The Kier molecular flexibility index (Phi) is 3.31. The van der Waals surface area contributed by atoms with Gasteiger partial charge in [0.15, 0.2) is 5.82 Å². The SMILES string of the molecule is Cc1cccc(-c2nc(Nc3ccc4c(c3)C=NC4)c3cc[nH]c3n2)c1. The quantitative estimate of drug-likeness (QED) is 0.573. The van der Waals surface area contributed by atoms with Gasteiger partial charge in [-0.05, 0) is 42.3 Å². The monoisotopic (exact) mass is 339 g/mol. The number of hydrogen-bond donors (Lipinski definition) is 2. The van der Waals surface area contributed by atoms with Crippen molar-refractivity contribution in [3.63, 3.8) is 0 Å². The van der Waals surface area contributed by atoms with E-state index in [-0.39, 0.29) is 0 Å². The third kappa shape index (κ3) is 2.54. The smallest absolute Gasteiger partial charge is 0.163 e. The zero-order valence-electron chi connectivity index (χ0n) is 14.3. The molecule has 4 aromatic rings. The van der Waals surface area contributed by atoms with Crippen LogP contribution in [-0.4, -0.2) is 21.2 Å². The van der Waals surface area contributed by atoms with Crippen LogP contribution in [0.15, 0.2) is 59.7 Å². The van der Waals surface area contributed by atoms with Gasteiger partial charge in [-0.15, -0.1) is 0 Å². The van der Waals surface area contributed by atoms with E-state index in [1.807, 2.05) is 30.6 Å². The molecular formula is C21H17N5. The molecule has 5 heteroatoms. The number of anilines is 2. The first-order chi connectivity index (χ1) is 12.8. The van der Waals surface area contributed by atoms with Crippen molar-refractivity contribution in [3.05, 3.63) is 71.4 Å². The lowest BCUT2D eigenvalue weighted by Gasteiger charge is -2.10. The molecule has 0 amide bonds. The summed E-state index contributed by atoms with van der Waals surface area (Å²) < 4.78 is 0. The minimum absolute atomic E-state index is 0.703. The Morgan fingerprint density at radius 1 is 1.04 bits per heavy atom. The lowest BCUT2D eigenvalue weighted by Crippen LogP contribution is -1.99. The molecule has 0 bridgehead atoms. The number of nitrogens with one attached hydrogen (secondary N) is 2. The maximum Gasteiger partial charge on any atom is 0.163 e. The fourth-order valence-electron chi connectivity index (χ4n) is 3.27. The zero-order chi connectivity index (χ0) is 17.5. The molecule has 2 N–H and O–H groups in total. The fraction of sp³-hybridized carbons (Fsp3) is 0.0952. The summed E-state index contributed by atoms with van der Waals surface area (Å²) >= 11 is 0. The fourth-order valence-corrected chi connectivity index (χ4v) is 3.27. The second-order valence-electron chi connectivity index (χ2n) is 6.51. The highest BCUT2D eigenvalue weighted by molar-refractivity contribution is 5.92. The van der Waals surface area contributed by atoms with E-state index in [2.05, 4.69) is 57.5 Å². The highest BCUT2D eigenvalue weighted by Gasteiger charge is 2.12. The predicted octanol–water partition coefficient (Wildman–Crippen LogP) is 4.61. The van der Waals surface area contributed by atoms with Gasteiger partial charge in [0.2, 0.25) is 0 Å². The summed E-state index contributed by atoms with van der Waals surface area (Å²) in [5, 5.41) is 4.42. The van der Waals surface area contributed by atoms with E-state index in [9.17, 15) is 0 Å². The summed E-state index contributed by atoms with van der Waals surface area (Å²) in [6, 6.07) is 16.5. The molecule has 5 nitrogen and oxygen atoms in total. The van der Waals surface area contributed by atoms with Crippen molar-refractivity contribution in [2.45, 2.75) is 13.5 Å². The van der Waals surface area contributed by atoms with Crippen LogP contribution in [-0.2, 0) is 6.54 Å². The second kappa shape index (κ2) is 5.81. The molecule has 3 heterocycles. The molecule has 0 atom stereocenters. The van der Waals surface area contributed by atoms with Crippen molar-refractivity contribution < 1.29 is 0 Å². The van der Waals surface area contributed by atoms with Crippen LogP contribution in [0.25, 0.3) is 22.4 Å². The lowest BCUT2D eigenvalue weighted by atomic mass is 10.1. The number of aromatic amines is 1. The Bertz CT molecular complexity index is 1160. The van der Waals surface area contributed by atoms with Gasteiger partial charge in [-0.1, -0.05) is 29.8 Å².